The zero-order valence-corrected chi connectivity index (χ0v) is 15.1. The van der Waals surface area contributed by atoms with E-state index in [2.05, 4.69) is 20.6 Å². The van der Waals surface area contributed by atoms with Crippen LogP contribution in [0.3, 0.4) is 0 Å². The second-order valence-electron chi connectivity index (χ2n) is 5.60. The Morgan fingerprint density at radius 1 is 1.24 bits per heavy atom. The predicted molar refractivity (Wildman–Crippen MR) is 98.0 cm³/mol. The number of hydrogen-bond acceptors (Lipinski definition) is 3. The van der Waals surface area contributed by atoms with E-state index in [0.29, 0.717) is 28.0 Å². The first kappa shape index (κ1) is 17.5. The third-order valence-electron chi connectivity index (χ3n) is 3.80. The van der Waals surface area contributed by atoms with E-state index in [1.165, 1.54) is 0 Å². The van der Waals surface area contributed by atoms with Gasteiger partial charge < -0.3 is 5.32 Å². The fourth-order valence-electron chi connectivity index (χ4n) is 2.40. The Morgan fingerprint density at radius 3 is 2.80 bits per heavy atom. The molecule has 0 fully saturated rings. The number of aromatic amines is 1. The minimum Gasteiger partial charge on any atom is -0.351 e. The summed E-state index contributed by atoms with van der Waals surface area (Å²) in [6.07, 6.45) is 2.56. The van der Waals surface area contributed by atoms with Gasteiger partial charge >= 0.3 is 0 Å². The number of nitrogens with zero attached hydrogens (tertiary/aromatic N) is 3. The molecule has 0 radical (unpaired) electrons. The van der Waals surface area contributed by atoms with Gasteiger partial charge in [-0.3, -0.25) is 14.6 Å². The standard InChI is InChI=1S/C17H17Cl2N5O/c1-11-5-7-21-24(11)8-2-6-20-17(25)16-10-15(22-23-16)12-3-4-13(18)14(19)9-12/h3-5,7,9-10H,2,6,8H2,1H3,(H,20,25)(H,22,23). The third kappa shape index (κ3) is 4.21. The first-order valence-electron chi connectivity index (χ1n) is 7.82. The first-order chi connectivity index (χ1) is 12.0. The van der Waals surface area contributed by atoms with Gasteiger partial charge in [0.25, 0.3) is 5.91 Å². The highest BCUT2D eigenvalue weighted by Gasteiger charge is 2.11. The van der Waals surface area contributed by atoms with Crippen molar-refractivity contribution in [1.82, 2.24) is 25.3 Å². The van der Waals surface area contributed by atoms with E-state index in [1.807, 2.05) is 17.7 Å². The molecule has 25 heavy (non-hydrogen) atoms. The third-order valence-corrected chi connectivity index (χ3v) is 4.54. The number of aryl methyl sites for hydroxylation is 2. The maximum atomic E-state index is 12.2. The molecule has 0 aliphatic rings. The molecule has 3 rings (SSSR count). The molecule has 2 aromatic heterocycles. The van der Waals surface area contributed by atoms with E-state index in [0.717, 1.165) is 24.2 Å². The van der Waals surface area contributed by atoms with Crippen molar-refractivity contribution >= 4 is 29.1 Å². The van der Waals surface area contributed by atoms with Gasteiger partial charge in [0.1, 0.15) is 5.69 Å². The number of benzene rings is 1. The Morgan fingerprint density at radius 2 is 2.08 bits per heavy atom. The highest BCUT2D eigenvalue weighted by molar-refractivity contribution is 6.42. The summed E-state index contributed by atoms with van der Waals surface area (Å²) in [7, 11) is 0. The molecule has 1 aromatic carbocycles. The summed E-state index contributed by atoms with van der Waals surface area (Å²) in [5, 5.41) is 14.9. The summed E-state index contributed by atoms with van der Waals surface area (Å²) in [6, 6.07) is 8.86. The Hall–Kier alpha value is -2.31. The lowest BCUT2D eigenvalue weighted by atomic mass is 10.1. The zero-order chi connectivity index (χ0) is 17.8. The van der Waals surface area contributed by atoms with Gasteiger partial charge in [-0.25, -0.2) is 0 Å². The number of carbonyl (C=O) groups is 1. The van der Waals surface area contributed by atoms with Crippen LogP contribution in [0.4, 0.5) is 0 Å². The molecule has 2 heterocycles. The number of halogens is 2. The molecule has 0 bridgehead atoms. The van der Waals surface area contributed by atoms with Gasteiger partial charge in [-0.15, -0.1) is 0 Å². The lowest BCUT2D eigenvalue weighted by Gasteiger charge is -2.05. The van der Waals surface area contributed by atoms with Crippen molar-refractivity contribution in [2.75, 3.05) is 6.54 Å². The fourth-order valence-corrected chi connectivity index (χ4v) is 2.70. The number of hydrogen-bond donors (Lipinski definition) is 2. The Balaban J connectivity index is 1.55. The molecule has 0 saturated carbocycles. The quantitative estimate of drug-likeness (QED) is 0.642. The van der Waals surface area contributed by atoms with Gasteiger partial charge in [-0.05, 0) is 37.6 Å². The van der Waals surface area contributed by atoms with E-state index in [-0.39, 0.29) is 5.91 Å². The van der Waals surface area contributed by atoms with Crippen molar-refractivity contribution in [2.24, 2.45) is 0 Å². The van der Waals surface area contributed by atoms with Crippen LogP contribution in [0.25, 0.3) is 11.3 Å². The van der Waals surface area contributed by atoms with Crippen LogP contribution in [0, 0.1) is 6.92 Å². The molecule has 0 atom stereocenters. The van der Waals surface area contributed by atoms with Crippen LogP contribution in [0.5, 0.6) is 0 Å². The highest BCUT2D eigenvalue weighted by Crippen LogP contribution is 2.27. The van der Waals surface area contributed by atoms with Crippen LogP contribution >= 0.6 is 23.2 Å². The molecule has 0 spiro atoms. The molecule has 0 aliphatic carbocycles. The second-order valence-corrected chi connectivity index (χ2v) is 6.42. The summed E-state index contributed by atoms with van der Waals surface area (Å²) in [4.78, 5) is 12.2. The van der Waals surface area contributed by atoms with Crippen molar-refractivity contribution in [2.45, 2.75) is 19.9 Å². The van der Waals surface area contributed by atoms with Crippen LogP contribution in [0.1, 0.15) is 22.6 Å². The monoisotopic (exact) mass is 377 g/mol. The van der Waals surface area contributed by atoms with E-state index in [1.54, 1.807) is 30.5 Å². The summed E-state index contributed by atoms with van der Waals surface area (Å²) in [5.41, 5.74) is 2.93. The van der Waals surface area contributed by atoms with Crippen LogP contribution < -0.4 is 5.32 Å². The first-order valence-corrected chi connectivity index (χ1v) is 8.57. The van der Waals surface area contributed by atoms with Crippen molar-refractivity contribution in [3.63, 3.8) is 0 Å². The number of rotatable bonds is 6. The molecule has 2 N–H and O–H groups in total. The van der Waals surface area contributed by atoms with Crippen LogP contribution in [-0.2, 0) is 6.54 Å². The van der Waals surface area contributed by atoms with Gasteiger partial charge in [0, 0.05) is 30.5 Å². The van der Waals surface area contributed by atoms with Crippen molar-refractivity contribution in [1.29, 1.82) is 0 Å². The molecule has 8 heteroatoms. The summed E-state index contributed by atoms with van der Waals surface area (Å²) in [6.45, 7) is 3.32. The molecular weight excluding hydrogens is 361 g/mol. The zero-order valence-electron chi connectivity index (χ0n) is 13.6. The number of amides is 1. The minimum absolute atomic E-state index is 0.198. The van der Waals surface area contributed by atoms with E-state index < -0.39 is 0 Å². The predicted octanol–water partition coefficient (Wildman–Crippen LogP) is 3.71. The SMILES string of the molecule is Cc1ccnn1CCCNC(=O)c1cc(-c2ccc(Cl)c(Cl)c2)n[nH]1. The highest BCUT2D eigenvalue weighted by atomic mass is 35.5. The number of nitrogens with one attached hydrogen (secondary N) is 2. The molecule has 130 valence electrons. The van der Waals surface area contributed by atoms with E-state index in [9.17, 15) is 4.79 Å². The number of aromatic nitrogens is 4. The average molecular weight is 378 g/mol. The topological polar surface area (TPSA) is 75.6 Å². The molecule has 1 amide bonds. The fraction of sp³-hybridized carbons (Fsp3) is 0.235. The molecule has 3 aromatic rings. The number of carbonyl (C=O) groups excluding carboxylic acids is 1. The van der Waals surface area contributed by atoms with Crippen LogP contribution in [0.15, 0.2) is 36.5 Å². The maximum absolute atomic E-state index is 12.2. The van der Waals surface area contributed by atoms with Gasteiger partial charge in [0.05, 0.1) is 15.7 Å². The Kier molecular flexibility index (Phi) is 5.40. The number of H-pyrrole nitrogens is 1. The van der Waals surface area contributed by atoms with Gasteiger partial charge in [-0.2, -0.15) is 10.2 Å². The van der Waals surface area contributed by atoms with Gasteiger partial charge in [-0.1, -0.05) is 29.3 Å². The summed E-state index contributed by atoms with van der Waals surface area (Å²) < 4.78 is 1.91. The van der Waals surface area contributed by atoms with Crippen molar-refractivity contribution < 1.29 is 4.79 Å². The Bertz CT molecular complexity index is 887. The Labute approximate surface area is 155 Å². The van der Waals surface area contributed by atoms with E-state index in [4.69, 9.17) is 23.2 Å². The smallest absolute Gasteiger partial charge is 0.269 e. The second kappa shape index (κ2) is 7.72. The van der Waals surface area contributed by atoms with Crippen LogP contribution in [-0.4, -0.2) is 32.4 Å². The van der Waals surface area contributed by atoms with Gasteiger partial charge in [0.15, 0.2) is 0 Å². The molecule has 6 nitrogen and oxygen atoms in total. The van der Waals surface area contributed by atoms with Crippen molar-refractivity contribution in [3.05, 3.63) is 58.0 Å². The molecule has 0 saturated heterocycles. The molecule has 0 aliphatic heterocycles. The lowest BCUT2D eigenvalue weighted by Crippen LogP contribution is -2.25. The van der Waals surface area contributed by atoms with Gasteiger partial charge in [0.2, 0.25) is 0 Å². The summed E-state index contributed by atoms with van der Waals surface area (Å²) in [5.74, 6) is -0.198. The normalized spacial score (nSPS) is 10.8. The summed E-state index contributed by atoms with van der Waals surface area (Å²) >= 11 is 11.9. The average Bonchev–Trinajstić information content (AvgIpc) is 3.23. The van der Waals surface area contributed by atoms with Crippen LogP contribution in [0.2, 0.25) is 10.0 Å². The van der Waals surface area contributed by atoms with E-state index >= 15 is 0 Å². The molecular formula is C17H17Cl2N5O. The maximum Gasteiger partial charge on any atom is 0.269 e. The largest absolute Gasteiger partial charge is 0.351 e. The minimum atomic E-state index is -0.198. The lowest BCUT2D eigenvalue weighted by molar-refractivity contribution is 0.0947. The van der Waals surface area contributed by atoms with Crippen molar-refractivity contribution in [3.8, 4) is 11.3 Å². The molecule has 0 unspecified atom stereocenters.